The van der Waals surface area contributed by atoms with Crippen LogP contribution in [0.15, 0.2) is 18.2 Å². The maximum Gasteiger partial charge on any atom is 0.252 e. The molecule has 0 aliphatic carbocycles. The lowest BCUT2D eigenvalue weighted by atomic mass is 10.0. The highest BCUT2D eigenvalue weighted by atomic mass is 35.5. The van der Waals surface area contributed by atoms with Gasteiger partial charge >= 0.3 is 0 Å². The van der Waals surface area contributed by atoms with Crippen LogP contribution in [0.5, 0.6) is 0 Å². The van der Waals surface area contributed by atoms with E-state index in [1.54, 1.807) is 19.1 Å². The molecule has 17 heavy (non-hydrogen) atoms. The summed E-state index contributed by atoms with van der Waals surface area (Å²) in [5.41, 5.74) is 0.559. The summed E-state index contributed by atoms with van der Waals surface area (Å²) in [5, 5.41) is 12.9. The fraction of sp³-hybridized carbons (Fsp3) is 0.462. The Morgan fingerprint density at radius 3 is 2.71 bits per heavy atom. The predicted octanol–water partition coefficient (Wildman–Crippen LogP) is 2.54. The second kappa shape index (κ2) is 5.52. The molecular weight excluding hydrogens is 238 g/mol. The number of carbonyl (C=O) groups is 1. The monoisotopic (exact) mass is 255 g/mol. The fourth-order valence-electron chi connectivity index (χ4n) is 1.30. The molecule has 0 saturated heterocycles. The van der Waals surface area contributed by atoms with Crippen molar-refractivity contribution in [3.63, 3.8) is 0 Å². The van der Waals surface area contributed by atoms with E-state index >= 15 is 0 Å². The van der Waals surface area contributed by atoms with Gasteiger partial charge in [-0.05, 0) is 38.0 Å². The Labute approximate surface area is 107 Å². The summed E-state index contributed by atoms with van der Waals surface area (Å²) in [6.45, 7) is 5.68. The van der Waals surface area contributed by atoms with Crippen LogP contribution in [0.1, 0.15) is 36.2 Å². The van der Waals surface area contributed by atoms with Gasteiger partial charge in [-0.25, -0.2) is 0 Å². The normalized spacial score (nSPS) is 14.2. The first-order valence-electron chi connectivity index (χ1n) is 5.62. The van der Waals surface area contributed by atoms with Crippen molar-refractivity contribution in [3.05, 3.63) is 34.3 Å². The van der Waals surface area contributed by atoms with Gasteiger partial charge in [-0.15, -0.1) is 0 Å². The van der Waals surface area contributed by atoms with E-state index in [1.165, 1.54) is 0 Å². The van der Waals surface area contributed by atoms with Crippen LogP contribution in [-0.4, -0.2) is 23.2 Å². The van der Waals surface area contributed by atoms with E-state index in [-0.39, 0.29) is 12.5 Å². The van der Waals surface area contributed by atoms with Gasteiger partial charge in [-0.3, -0.25) is 4.79 Å². The first-order chi connectivity index (χ1) is 7.85. The molecule has 0 radical (unpaired) electrons. The molecule has 94 valence electrons. The topological polar surface area (TPSA) is 49.3 Å². The van der Waals surface area contributed by atoms with Gasteiger partial charge < -0.3 is 10.4 Å². The van der Waals surface area contributed by atoms with Crippen LogP contribution in [0.3, 0.4) is 0 Å². The van der Waals surface area contributed by atoms with E-state index < -0.39 is 5.60 Å². The minimum absolute atomic E-state index is 0.215. The molecule has 0 aliphatic rings. The predicted molar refractivity (Wildman–Crippen MR) is 69.4 cm³/mol. The van der Waals surface area contributed by atoms with E-state index in [0.29, 0.717) is 17.0 Å². The van der Waals surface area contributed by atoms with Crippen LogP contribution in [-0.2, 0) is 0 Å². The molecule has 0 spiro atoms. The summed E-state index contributed by atoms with van der Waals surface area (Å²) in [5.74, 6) is -0.260. The zero-order valence-electron chi connectivity index (χ0n) is 10.4. The molecule has 0 fully saturated rings. The second-order valence-electron chi connectivity index (χ2n) is 4.52. The molecule has 1 amide bonds. The molecule has 1 aromatic carbocycles. The van der Waals surface area contributed by atoms with Gasteiger partial charge in [0.15, 0.2) is 0 Å². The van der Waals surface area contributed by atoms with Crippen molar-refractivity contribution in [2.75, 3.05) is 6.54 Å². The smallest absolute Gasteiger partial charge is 0.252 e. The minimum Gasteiger partial charge on any atom is -0.388 e. The summed E-state index contributed by atoms with van der Waals surface area (Å²) >= 11 is 5.98. The molecule has 1 aromatic rings. The first kappa shape index (κ1) is 14.0. The summed E-state index contributed by atoms with van der Waals surface area (Å²) in [4.78, 5) is 11.8. The summed E-state index contributed by atoms with van der Waals surface area (Å²) in [7, 11) is 0. The molecule has 0 saturated carbocycles. The SMILES string of the molecule is CCC(C)(O)CNC(=O)c1ccc(C)cc1Cl. The van der Waals surface area contributed by atoms with E-state index in [9.17, 15) is 9.90 Å². The van der Waals surface area contributed by atoms with Crippen molar-refractivity contribution in [1.82, 2.24) is 5.32 Å². The van der Waals surface area contributed by atoms with Gasteiger partial charge in [0.1, 0.15) is 0 Å². The highest BCUT2D eigenvalue weighted by Gasteiger charge is 2.19. The maximum absolute atomic E-state index is 11.8. The number of carbonyl (C=O) groups excluding carboxylic acids is 1. The number of amides is 1. The number of halogens is 1. The second-order valence-corrected chi connectivity index (χ2v) is 4.92. The average molecular weight is 256 g/mol. The van der Waals surface area contributed by atoms with Crippen LogP contribution in [0, 0.1) is 6.92 Å². The van der Waals surface area contributed by atoms with Gasteiger partial charge in [-0.2, -0.15) is 0 Å². The lowest BCUT2D eigenvalue weighted by Crippen LogP contribution is -2.40. The Kier molecular flexibility index (Phi) is 4.54. The number of hydrogen-bond acceptors (Lipinski definition) is 2. The number of aliphatic hydroxyl groups is 1. The molecular formula is C13H18ClNO2. The molecule has 1 rings (SSSR count). The van der Waals surface area contributed by atoms with E-state index in [0.717, 1.165) is 5.56 Å². The molecule has 2 N–H and O–H groups in total. The van der Waals surface area contributed by atoms with Crippen molar-refractivity contribution in [3.8, 4) is 0 Å². The summed E-state index contributed by atoms with van der Waals surface area (Å²) < 4.78 is 0. The van der Waals surface area contributed by atoms with Crippen molar-refractivity contribution in [2.24, 2.45) is 0 Å². The van der Waals surface area contributed by atoms with Crippen molar-refractivity contribution < 1.29 is 9.90 Å². The number of rotatable bonds is 4. The van der Waals surface area contributed by atoms with E-state index in [2.05, 4.69) is 5.32 Å². The van der Waals surface area contributed by atoms with Crippen LogP contribution >= 0.6 is 11.6 Å². The molecule has 3 nitrogen and oxygen atoms in total. The lowest BCUT2D eigenvalue weighted by Gasteiger charge is -2.21. The van der Waals surface area contributed by atoms with E-state index in [1.807, 2.05) is 19.9 Å². The van der Waals surface area contributed by atoms with Gasteiger partial charge in [-0.1, -0.05) is 24.6 Å². The van der Waals surface area contributed by atoms with Gasteiger partial charge in [0.05, 0.1) is 16.2 Å². The Morgan fingerprint density at radius 1 is 1.53 bits per heavy atom. The van der Waals surface area contributed by atoms with Crippen LogP contribution < -0.4 is 5.32 Å². The molecule has 1 atom stereocenters. The Balaban J connectivity index is 2.71. The molecule has 1 unspecified atom stereocenters. The van der Waals surface area contributed by atoms with Gasteiger partial charge in [0.2, 0.25) is 0 Å². The number of aryl methyl sites for hydroxylation is 1. The largest absolute Gasteiger partial charge is 0.388 e. The van der Waals surface area contributed by atoms with Crippen molar-refractivity contribution in [1.29, 1.82) is 0 Å². The zero-order chi connectivity index (χ0) is 13.1. The molecule has 0 bridgehead atoms. The Hall–Kier alpha value is -1.06. The van der Waals surface area contributed by atoms with Crippen molar-refractivity contribution in [2.45, 2.75) is 32.8 Å². The maximum atomic E-state index is 11.8. The molecule has 0 aliphatic heterocycles. The van der Waals surface area contributed by atoms with Crippen molar-refractivity contribution >= 4 is 17.5 Å². The quantitative estimate of drug-likeness (QED) is 0.869. The minimum atomic E-state index is -0.882. The van der Waals surface area contributed by atoms with E-state index in [4.69, 9.17) is 11.6 Å². The first-order valence-corrected chi connectivity index (χ1v) is 6.00. The summed E-state index contributed by atoms with van der Waals surface area (Å²) in [6.07, 6.45) is 0.578. The highest BCUT2D eigenvalue weighted by molar-refractivity contribution is 6.33. The number of benzene rings is 1. The molecule has 0 aromatic heterocycles. The number of nitrogens with one attached hydrogen (secondary N) is 1. The van der Waals surface area contributed by atoms with Crippen LogP contribution in [0.2, 0.25) is 5.02 Å². The third-order valence-corrected chi connectivity index (χ3v) is 3.07. The van der Waals surface area contributed by atoms with Gasteiger partial charge in [0.25, 0.3) is 5.91 Å². The third-order valence-electron chi connectivity index (χ3n) is 2.76. The van der Waals surface area contributed by atoms with Crippen LogP contribution in [0.25, 0.3) is 0 Å². The molecule has 4 heteroatoms. The van der Waals surface area contributed by atoms with Gasteiger partial charge in [0, 0.05) is 6.54 Å². The lowest BCUT2D eigenvalue weighted by molar-refractivity contribution is 0.0518. The van der Waals surface area contributed by atoms with Crippen LogP contribution in [0.4, 0.5) is 0 Å². The standard InChI is InChI=1S/C13H18ClNO2/c1-4-13(3,17)8-15-12(16)10-6-5-9(2)7-11(10)14/h5-7,17H,4,8H2,1-3H3,(H,15,16). The average Bonchev–Trinajstić information content (AvgIpc) is 2.26. The number of hydrogen-bond donors (Lipinski definition) is 2. The fourth-order valence-corrected chi connectivity index (χ4v) is 1.62. The Bertz CT molecular complexity index is 416. The third kappa shape index (κ3) is 4.02. The molecule has 0 heterocycles. The zero-order valence-corrected chi connectivity index (χ0v) is 11.1. The highest BCUT2D eigenvalue weighted by Crippen LogP contribution is 2.17. The summed E-state index contributed by atoms with van der Waals surface area (Å²) in [6, 6.07) is 5.26. The Morgan fingerprint density at radius 2 is 2.18 bits per heavy atom.